The van der Waals surface area contributed by atoms with Crippen LogP contribution in [0.4, 0.5) is 8.78 Å². The first-order valence-corrected chi connectivity index (χ1v) is 7.70. The van der Waals surface area contributed by atoms with Gasteiger partial charge in [-0.25, -0.2) is 4.79 Å². The summed E-state index contributed by atoms with van der Waals surface area (Å²) in [5.41, 5.74) is 1.05. The van der Waals surface area contributed by atoms with Crippen molar-refractivity contribution in [1.29, 1.82) is 0 Å². The SMILES string of the molecule is O=C(COC(=O)c1ccc(O)cc1)NCCc1ccc(OC(F)F)cc1. The number of carbonyl (C=O) groups is 2. The largest absolute Gasteiger partial charge is 0.508 e. The lowest BCUT2D eigenvalue weighted by Crippen LogP contribution is -2.30. The molecule has 0 aliphatic heterocycles. The number of alkyl halides is 2. The second-order valence-electron chi connectivity index (χ2n) is 5.25. The molecule has 0 saturated carbocycles. The van der Waals surface area contributed by atoms with E-state index in [0.717, 1.165) is 5.56 Å². The zero-order valence-electron chi connectivity index (χ0n) is 13.7. The molecule has 0 aliphatic carbocycles. The second-order valence-corrected chi connectivity index (χ2v) is 5.25. The topological polar surface area (TPSA) is 84.9 Å². The predicted octanol–water partition coefficient (Wildman–Crippen LogP) is 2.51. The summed E-state index contributed by atoms with van der Waals surface area (Å²) in [6, 6.07) is 11.5. The molecule has 8 heteroatoms. The fraction of sp³-hybridized carbons (Fsp3) is 0.222. The zero-order chi connectivity index (χ0) is 18.9. The molecule has 138 valence electrons. The van der Waals surface area contributed by atoms with Gasteiger partial charge in [0.25, 0.3) is 5.91 Å². The Morgan fingerprint density at radius 3 is 2.31 bits per heavy atom. The highest BCUT2D eigenvalue weighted by Gasteiger charge is 2.10. The molecule has 0 bridgehead atoms. The summed E-state index contributed by atoms with van der Waals surface area (Å²) in [6.07, 6.45) is 0.479. The number of amides is 1. The average molecular weight is 365 g/mol. The zero-order valence-corrected chi connectivity index (χ0v) is 13.7. The summed E-state index contributed by atoms with van der Waals surface area (Å²) >= 11 is 0. The number of rotatable bonds is 8. The van der Waals surface area contributed by atoms with Gasteiger partial charge in [-0.3, -0.25) is 4.79 Å². The smallest absolute Gasteiger partial charge is 0.387 e. The normalized spacial score (nSPS) is 10.4. The Hall–Kier alpha value is -3.16. The molecule has 0 saturated heterocycles. The van der Waals surface area contributed by atoms with Gasteiger partial charge in [0, 0.05) is 6.54 Å². The maximum atomic E-state index is 12.1. The molecule has 0 spiro atoms. The summed E-state index contributed by atoms with van der Waals surface area (Å²) in [4.78, 5) is 23.4. The number of halogens is 2. The lowest BCUT2D eigenvalue weighted by atomic mass is 10.1. The van der Waals surface area contributed by atoms with E-state index in [1.807, 2.05) is 0 Å². The number of phenols is 1. The Kier molecular flexibility index (Phi) is 6.90. The van der Waals surface area contributed by atoms with E-state index in [1.54, 1.807) is 12.1 Å². The molecule has 0 atom stereocenters. The monoisotopic (exact) mass is 365 g/mol. The maximum absolute atomic E-state index is 12.1. The maximum Gasteiger partial charge on any atom is 0.387 e. The summed E-state index contributed by atoms with van der Waals surface area (Å²) in [5.74, 6) is -1.05. The van der Waals surface area contributed by atoms with Crippen molar-refractivity contribution in [2.75, 3.05) is 13.2 Å². The van der Waals surface area contributed by atoms with Crippen molar-refractivity contribution in [2.45, 2.75) is 13.0 Å². The summed E-state index contributed by atoms with van der Waals surface area (Å²) in [7, 11) is 0. The molecule has 6 nitrogen and oxygen atoms in total. The fourth-order valence-corrected chi connectivity index (χ4v) is 2.05. The molecule has 0 aliphatic rings. The number of esters is 1. The van der Waals surface area contributed by atoms with Crippen LogP contribution in [0.25, 0.3) is 0 Å². The van der Waals surface area contributed by atoms with Crippen LogP contribution < -0.4 is 10.1 Å². The number of nitrogens with one attached hydrogen (secondary N) is 1. The van der Waals surface area contributed by atoms with Gasteiger partial charge in [0.2, 0.25) is 0 Å². The second kappa shape index (κ2) is 9.36. The highest BCUT2D eigenvalue weighted by Crippen LogP contribution is 2.15. The molecule has 2 rings (SSSR count). The van der Waals surface area contributed by atoms with Gasteiger partial charge >= 0.3 is 12.6 Å². The molecule has 1 amide bonds. The van der Waals surface area contributed by atoms with Crippen molar-refractivity contribution >= 4 is 11.9 Å². The van der Waals surface area contributed by atoms with Crippen LogP contribution in [-0.2, 0) is 16.0 Å². The lowest BCUT2D eigenvalue weighted by molar-refractivity contribution is -0.124. The Morgan fingerprint density at radius 2 is 1.69 bits per heavy atom. The number of phenolic OH excluding ortho intramolecular Hbond substituents is 1. The van der Waals surface area contributed by atoms with Gasteiger partial charge in [0.1, 0.15) is 11.5 Å². The third-order valence-corrected chi connectivity index (χ3v) is 3.32. The van der Waals surface area contributed by atoms with Crippen LogP contribution in [0.15, 0.2) is 48.5 Å². The van der Waals surface area contributed by atoms with E-state index in [2.05, 4.69) is 10.1 Å². The van der Waals surface area contributed by atoms with Crippen molar-refractivity contribution in [3.8, 4) is 11.5 Å². The number of carbonyl (C=O) groups excluding carboxylic acids is 2. The molecular formula is C18H17F2NO5. The van der Waals surface area contributed by atoms with Crippen LogP contribution in [0.5, 0.6) is 11.5 Å². The van der Waals surface area contributed by atoms with Crippen molar-refractivity contribution in [3.63, 3.8) is 0 Å². The molecule has 0 heterocycles. The Labute approximate surface area is 148 Å². The molecule has 0 unspecified atom stereocenters. The molecule has 2 N–H and O–H groups in total. The van der Waals surface area contributed by atoms with Gasteiger partial charge < -0.3 is 19.9 Å². The van der Waals surface area contributed by atoms with E-state index < -0.39 is 25.1 Å². The Balaban J connectivity index is 1.68. The van der Waals surface area contributed by atoms with Gasteiger partial charge in [0.15, 0.2) is 6.61 Å². The molecular weight excluding hydrogens is 348 g/mol. The van der Waals surface area contributed by atoms with Crippen molar-refractivity contribution in [2.24, 2.45) is 0 Å². The molecule has 0 fully saturated rings. The summed E-state index contributed by atoms with van der Waals surface area (Å²) in [6.45, 7) is -3.00. The van der Waals surface area contributed by atoms with E-state index in [9.17, 15) is 18.4 Å². The average Bonchev–Trinajstić information content (AvgIpc) is 2.61. The van der Waals surface area contributed by atoms with E-state index >= 15 is 0 Å². The van der Waals surface area contributed by atoms with E-state index in [0.29, 0.717) is 13.0 Å². The van der Waals surface area contributed by atoms with Crippen LogP contribution in [0, 0.1) is 0 Å². The number of ether oxygens (including phenoxy) is 2. The van der Waals surface area contributed by atoms with Crippen molar-refractivity contribution < 1.29 is 33.0 Å². The third-order valence-electron chi connectivity index (χ3n) is 3.32. The third kappa shape index (κ3) is 6.39. The molecule has 2 aromatic rings. The number of hydrogen-bond donors (Lipinski definition) is 2. The number of hydrogen-bond acceptors (Lipinski definition) is 5. The van der Waals surface area contributed by atoms with Crippen molar-refractivity contribution in [1.82, 2.24) is 5.32 Å². The van der Waals surface area contributed by atoms with Gasteiger partial charge in [-0.15, -0.1) is 0 Å². The van der Waals surface area contributed by atoms with Gasteiger partial charge in [0.05, 0.1) is 5.56 Å². The van der Waals surface area contributed by atoms with Gasteiger partial charge in [-0.2, -0.15) is 8.78 Å². The fourth-order valence-electron chi connectivity index (χ4n) is 2.05. The highest BCUT2D eigenvalue weighted by molar-refractivity contribution is 5.91. The van der Waals surface area contributed by atoms with Crippen LogP contribution in [-0.4, -0.2) is 36.7 Å². The lowest BCUT2D eigenvalue weighted by Gasteiger charge is -2.08. The molecule has 26 heavy (non-hydrogen) atoms. The van der Waals surface area contributed by atoms with E-state index in [4.69, 9.17) is 9.84 Å². The van der Waals surface area contributed by atoms with Gasteiger partial charge in [-0.1, -0.05) is 12.1 Å². The minimum absolute atomic E-state index is 0.0214. The highest BCUT2D eigenvalue weighted by atomic mass is 19.3. The molecule has 2 aromatic carbocycles. The van der Waals surface area contributed by atoms with Crippen molar-refractivity contribution in [3.05, 3.63) is 59.7 Å². The minimum Gasteiger partial charge on any atom is -0.508 e. The Morgan fingerprint density at radius 1 is 1.04 bits per heavy atom. The first-order valence-electron chi connectivity index (χ1n) is 7.70. The summed E-state index contributed by atoms with van der Waals surface area (Å²) < 4.78 is 33.2. The molecule has 0 aromatic heterocycles. The van der Waals surface area contributed by atoms with Crippen LogP contribution in [0.2, 0.25) is 0 Å². The Bertz CT molecular complexity index is 732. The standard InChI is InChI=1S/C18H17F2NO5/c19-18(20)26-15-7-1-12(2-8-15)9-10-21-16(23)11-25-17(24)13-3-5-14(22)6-4-13/h1-8,18,22H,9-11H2,(H,21,23). The predicted molar refractivity (Wildman–Crippen MR) is 88.2 cm³/mol. The van der Waals surface area contributed by atoms with Gasteiger partial charge in [-0.05, 0) is 48.4 Å². The number of benzene rings is 2. The van der Waals surface area contributed by atoms with Crippen LogP contribution in [0.3, 0.4) is 0 Å². The summed E-state index contributed by atoms with van der Waals surface area (Å²) in [5, 5.41) is 11.7. The number of aromatic hydroxyl groups is 1. The van der Waals surface area contributed by atoms with Crippen LogP contribution >= 0.6 is 0 Å². The minimum atomic E-state index is -2.87. The van der Waals surface area contributed by atoms with Crippen LogP contribution in [0.1, 0.15) is 15.9 Å². The van der Waals surface area contributed by atoms with E-state index in [-0.39, 0.29) is 17.1 Å². The quantitative estimate of drug-likeness (QED) is 0.702. The van der Waals surface area contributed by atoms with E-state index in [1.165, 1.54) is 36.4 Å². The first kappa shape index (κ1) is 19.2. The first-order chi connectivity index (χ1) is 12.4. The molecule has 0 radical (unpaired) electrons.